The maximum Gasteiger partial charge on any atom is 0.258 e. The van der Waals surface area contributed by atoms with Crippen molar-refractivity contribution in [1.29, 1.82) is 0 Å². The Morgan fingerprint density at radius 3 is 2.65 bits per heavy atom. The van der Waals surface area contributed by atoms with E-state index in [1.54, 1.807) is 0 Å². The molecule has 0 spiro atoms. The molecule has 6 N–H and O–H groups in total. The van der Waals surface area contributed by atoms with E-state index in [1.165, 1.54) is 0 Å². The molecule has 9 heteroatoms. The number of H-pyrrole nitrogens is 1. The van der Waals surface area contributed by atoms with Crippen LogP contribution in [-0.4, -0.2) is 33.1 Å². The zero-order valence-electron chi connectivity index (χ0n) is 8.92. The topological polar surface area (TPSA) is 161 Å². The molecule has 1 unspecified atom stereocenters. The van der Waals surface area contributed by atoms with Gasteiger partial charge in [-0.25, -0.2) is 0 Å². The van der Waals surface area contributed by atoms with Gasteiger partial charge in [-0.3, -0.25) is 19.9 Å². The molecule has 94 valence electrons. The molecule has 0 saturated carbocycles. The van der Waals surface area contributed by atoms with Crippen molar-refractivity contribution in [2.45, 2.75) is 12.3 Å². The predicted octanol–water partition coefficient (Wildman–Crippen LogP) is -1.32. The number of anilines is 2. The molecule has 17 heavy (non-hydrogen) atoms. The number of hydrogen-bond acceptors (Lipinski definition) is 7. The SMILES string of the molecule is Nc1nc(N)c(C(CCO)C[N+](=O)[O-])c(=O)[nH]1. The highest BCUT2D eigenvalue weighted by atomic mass is 16.6. The van der Waals surface area contributed by atoms with E-state index in [4.69, 9.17) is 16.6 Å². The average molecular weight is 243 g/mol. The fraction of sp³-hybridized carbons (Fsp3) is 0.500. The molecule has 9 nitrogen and oxygen atoms in total. The molecule has 1 aromatic heterocycles. The van der Waals surface area contributed by atoms with E-state index in [0.717, 1.165) is 0 Å². The van der Waals surface area contributed by atoms with E-state index < -0.39 is 22.9 Å². The van der Waals surface area contributed by atoms with Crippen LogP contribution in [0.4, 0.5) is 11.8 Å². The number of aromatic amines is 1. The Morgan fingerprint density at radius 1 is 1.53 bits per heavy atom. The Bertz CT molecular complexity index is 471. The van der Waals surface area contributed by atoms with Gasteiger partial charge in [0.1, 0.15) is 5.82 Å². The monoisotopic (exact) mass is 243 g/mol. The van der Waals surface area contributed by atoms with Crippen molar-refractivity contribution in [3.8, 4) is 0 Å². The van der Waals surface area contributed by atoms with Crippen LogP contribution in [0.2, 0.25) is 0 Å². The van der Waals surface area contributed by atoms with Crippen LogP contribution in [0.3, 0.4) is 0 Å². The summed E-state index contributed by atoms with van der Waals surface area (Å²) in [5.41, 5.74) is 10.2. The largest absolute Gasteiger partial charge is 0.396 e. The van der Waals surface area contributed by atoms with Crippen molar-refractivity contribution in [1.82, 2.24) is 9.97 Å². The zero-order chi connectivity index (χ0) is 13.0. The lowest BCUT2D eigenvalue weighted by atomic mass is 9.97. The van der Waals surface area contributed by atoms with Crippen LogP contribution in [0, 0.1) is 10.1 Å². The van der Waals surface area contributed by atoms with Gasteiger partial charge in [0.05, 0.1) is 11.5 Å². The van der Waals surface area contributed by atoms with Gasteiger partial charge in [-0.2, -0.15) is 4.98 Å². The molecule has 0 radical (unpaired) electrons. The van der Waals surface area contributed by atoms with Gasteiger partial charge in [-0.05, 0) is 6.42 Å². The third-order valence-corrected chi connectivity index (χ3v) is 2.26. The molecule has 0 fully saturated rings. The first kappa shape index (κ1) is 12.9. The molecule has 0 amide bonds. The molecule has 1 rings (SSSR count). The molecule has 0 aliphatic heterocycles. The Hall–Kier alpha value is -2.16. The molecule has 0 aromatic carbocycles. The van der Waals surface area contributed by atoms with Crippen LogP contribution in [-0.2, 0) is 0 Å². The van der Waals surface area contributed by atoms with E-state index in [9.17, 15) is 14.9 Å². The number of aliphatic hydroxyl groups excluding tert-OH is 1. The zero-order valence-corrected chi connectivity index (χ0v) is 8.92. The third-order valence-electron chi connectivity index (χ3n) is 2.26. The number of nitrogen functional groups attached to an aromatic ring is 2. The van der Waals surface area contributed by atoms with Crippen molar-refractivity contribution >= 4 is 11.8 Å². The number of nitro groups is 1. The van der Waals surface area contributed by atoms with Crippen LogP contribution in [0.1, 0.15) is 17.9 Å². The lowest BCUT2D eigenvalue weighted by Crippen LogP contribution is -2.26. The Labute approximate surface area is 95.6 Å². The van der Waals surface area contributed by atoms with Crippen molar-refractivity contribution in [3.63, 3.8) is 0 Å². The lowest BCUT2D eigenvalue weighted by molar-refractivity contribution is -0.483. The number of hydrogen-bond donors (Lipinski definition) is 4. The third kappa shape index (κ3) is 3.14. The standard InChI is InChI=1S/C8H13N5O4/c9-6-5(7(15)12-8(10)11-6)4(1-2-14)3-13(16)17/h4,14H,1-3H2,(H5,9,10,11,12,15). The first-order valence-corrected chi connectivity index (χ1v) is 4.83. The van der Waals surface area contributed by atoms with Gasteiger partial charge in [0.2, 0.25) is 12.5 Å². The second-order valence-corrected chi connectivity index (χ2v) is 3.47. The lowest BCUT2D eigenvalue weighted by Gasteiger charge is -2.12. The predicted molar refractivity (Wildman–Crippen MR) is 60.0 cm³/mol. The number of nitrogens with two attached hydrogens (primary N) is 2. The average Bonchev–Trinajstić information content (AvgIpc) is 2.14. The Balaban J connectivity index is 3.18. The van der Waals surface area contributed by atoms with Gasteiger partial charge in [0.15, 0.2) is 0 Å². The first-order valence-electron chi connectivity index (χ1n) is 4.83. The molecule has 0 aliphatic carbocycles. The van der Waals surface area contributed by atoms with Gasteiger partial charge >= 0.3 is 0 Å². The summed E-state index contributed by atoms with van der Waals surface area (Å²) in [5.74, 6) is -1.08. The van der Waals surface area contributed by atoms with E-state index in [-0.39, 0.29) is 30.4 Å². The highest BCUT2D eigenvalue weighted by Crippen LogP contribution is 2.20. The van der Waals surface area contributed by atoms with Crippen molar-refractivity contribution in [3.05, 3.63) is 26.0 Å². The van der Waals surface area contributed by atoms with Gasteiger partial charge in [0, 0.05) is 11.5 Å². The summed E-state index contributed by atoms with van der Waals surface area (Å²) in [6.45, 7) is -0.790. The van der Waals surface area contributed by atoms with Crippen molar-refractivity contribution in [2.75, 3.05) is 24.6 Å². The summed E-state index contributed by atoms with van der Waals surface area (Å²) in [7, 11) is 0. The van der Waals surface area contributed by atoms with Crippen molar-refractivity contribution in [2.24, 2.45) is 0 Å². The van der Waals surface area contributed by atoms with Crippen LogP contribution in [0.25, 0.3) is 0 Å². The normalized spacial score (nSPS) is 12.3. The van der Waals surface area contributed by atoms with Gasteiger partial charge in [-0.15, -0.1) is 0 Å². The number of aliphatic hydroxyl groups is 1. The quantitative estimate of drug-likeness (QED) is 0.368. The summed E-state index contributed by atoms with van der Waals surface area (Å²) in [6.07, 6.45) is 0.0554. The molecule has 1 atom stereocenters. The maximum atomic E-state index is 11.6. The van der Waals surface area contributed by atoms with Gasteiger partial charge < -0.3 is 16.6 Å². The van der Waals surface area contributed by atoms with Crippen LogP contribution >= 0.6 is 0 Å². The Morgan fingerprint density at radius 2 is 2.18 bits per heavy atom. The van der Waals surface area contributed by atoms with E-state index >= 15 is 0 Å². The molecular formula is C8H13N5O4. The fourth-order valence-electron chi connectivity index (χ4n) is 1.58. The van der Waals surface area contributed by atoms with E-state index in [0.29, 0.717) is 0 Å². The molecule has 1 aromatic rings. The molecule has 0 aliphatic rings. The number of nitrogens with zero attached hydrogens (tertiary/aromatic N) is 2. The summed E-state index contributed by atoms with van der Waals surface area (Å²) < 4.78 is 0. The maximum absolute atomic E-state index is 11.6. The second kappa shape index (κ2) is 5.25. The highest BCUT2D eigenvalue weighted by Gasteiger charge is 2.24. The minimum Gasteiger partial charge on any atom is -0.396 e. The first-order chi connectivity index (χ1) is 7.95. The summed E-state index contributed by atoms with van der Waals surface area (Å²) in [4.78, 5) is 27.4. The van der Waals surface area contributed by atoms with Crippen LogP contribution in [0.15, 0.2) is 4.79 Å². The summed E-state index contributed by atoms with van der Waals surface area (Å²) in [5, 5.41) is 19.3. The fourth-order valence-corrected chi connectivity index (χ4v) is 1.58. The molecule has 0 saturated heterocycles. The van der Waals surface area contributed by atoms with Crippen LogP contribution < -0.4 is 17.0 Å². The number of aromatic nitrogens is 2. The summed E-state index contributed by atoms with van der Waals surface area (Å²) in [6, 6.07) is 0. The minimum atomic E-state index is -0.785. The molecular weight excluding hydrogens is 230 g/mol. The Kier molecular flexibility index (Phi) is 3.99. The summed E-state index contributed by atoms with van der Waals surface area (Å²) >= 11 is 0. The highest BCUT2D eigenvalue weighted by molar-refractivity contribution is 5.43. The van der Waals surface area contributed by atoms with Gasteiger partial charge in [-0.1, -0.05) is 0 Å². The minimum absolute atomic E-state index is 0.00931. The van der Waals surface area contributed by atoms with Gasteiger partial charge in [0.25, 0.3) is 5.56 Å². The van der Waals surface area contributed by atoms with Crippen LogP contribution in [0.5, 0.6) is 0 Å². The van der Waals surface area contributed by atoms with E-state index in [1.807, 2.05) is 0 Å². The van der Waals surface area contributed by atoms with Crippen molar-refractivity contribution < 1.29 is 10.0 Å². The molecule has 0 bridgehead atoms. The smallest absolute Gasteiger partial charge is 0.258 e. The second-order valence-electron chi connectivity index (χ2n) is 3.47. The van der Waals surface area contributed by atoms with E-state index in [2.05, 4.69) is 9.97 Å². The molecule has 1 heterocycles. The number of rotatable bonds is 5. The number of nitrogens with one attached hydrogen (secondary N) is 1.